The summed E-state index contributed by atoms with van der Waals surface area (Å²) in [5, 5.41) is 2.84. The number of hydrogen-bond donors (Lipinski definition) is 1. The summed E-state index contributed by atoms with van der Waals surface area (Å²) in [7, 11) is 1.81. The minimum absolute atomic E-state index is 0.00900. The molecule has 4 nitrogen and oxygen atoms in total. The average molecular weight is 308 g/mol. The number of rotatable bonds is 3. The smallest absolute Gasteiger partial charge is 0.253 e. The van der Waals surface area contributed by atoms with Gasteiger partial charge in [0, 0.05) is 31.3 Å². The van der Waals surface area contributed by atoms with Crippen molar-refractivity contribution in [1.82, 2.24) is 4.90 Å². The van der Waals surface area contributed by atoms with Crippen LogP contribution in [0.25, 0.3) is 0 Å². The molecule has 1 aliphatic heterocycles. The van der Waals surface area contributed by atoms with E-state index in [0.717, 1.165) is 16.8 Å². The van der Waals surface area contributed by atoms with Crippen molar-refractivity contribution in [3.8, 4) is 0 Å². The van der Waals surface area contributed by atoms with Crippen LogP contribution in [0.5, 0.6) is 0 Å². The predicted molar refractivity (Wildman–Crippen MR) is 90.4 cm³/mol. The molecular weight excluding hydrogens is 288 g/mol. The van der Waals surface area contributed by atoms with Gasteiger partial charge in [-0.3, -0.25) is 9.59 Å². The largest absolute Gasteiger partial charge is 0.337 e. The highest BCUT2D eigenvalue weighted by molar-refractivity contribution is 5.97. The summed E-state index contributed by atoms with van der Waals surface area (Å²) in [5.41, 5.74) is 4.82. The molecule has 0 bridgehead atoms. The number of amides is 2. The van der Waals surface area contributed by atoms with Gasteiger partial charge in [0.15, 0.2) is 0 Å². The molecule has 23 heavy (non-hydrogen) atoms. The van der Waals surface area contributed by atoms with Crippen molar-refractivity contribution in [3.63, 3.8) is 0 Å². The van der Waals surface area contributed by atoms with Gasteiger partial charge < -0.3 is 10.2 Å². The van der Waals surface area contributed by atoms with Gasteiger partial charge in [0.25, 0.3) is 5.91 Å². The van der Waals surface area contributed by atoms with Gasteiger partial charge in [-0.25, -0.2) is 0 Å². The number of benzene rings is 2. The van der Waals surface area contributed by atoms with Crippen LogP contribution < -0.4 is 5.32 Å². The van der Waals surface area contributed by atoms with Gasteiger partial charge in [-0.2, -0.15) is 0 Å². The van der Waals surface area contributed by atoms with Crippen LogP contribution in [0.2, 0.25) is 0 Å². The highest BCUT2D eigenvalue weighted by Gasteiger charge is 2.18. The second-order valence-corrected chi connectivity index (χ2v) is 6.07. The van der Waals surface area contributed by atoms with E-state index in [-0.39, 0.29) is 11.8 Å². The molecule has 2 aromatic carbocycles. The zero-order chi connectivity index (χ0) is 16.4. The van der Waals surface area contributed by atoms with Crippen LogP contribution in [0.3, 0.4) is 0 Å². The maximum atomic E-state index is 12.6. The van der Waals surface area contributed by atoms with Crippen molar-refractivity contribution in [2.45, 2.75) is 26.3 Å². The SMILES string of the molecule is Cc1ccc(CN(C)C(=O)c2ccc3c(c2)CCC(=O)N3)cc1. The van der Waals surface area contributed by atoms with Crippen LogP contribution in [-0.2, 0) is 17.8 Å². The summed E-state index contributed by atoms with van der Waals surface area (Å²) in [4.78, 5) is 25.7. The Kier molecular flexibility index (Phi) is 4.15. The van der Waals surface area contributed by atoms with E-state index in [1.807, 2.05) is 38.2 Å². The molecule has 0 aliphatic carbocycles. The van der Waals surface area contributed by atoms with E-state index < -0.39 is 0 Å². The molecule has 1 heterocycles. The number of aryl methyl sites for hydroxylation is 2. The molecule has 3 rings (SSSR count). The van der Waals surface area contributed by atoms with E-state index >= 15 is 0 Å². The molecule has 0 radical (unpaired) electrons. The van der Waals surface area contributed by atoms with Gasteiger partial charge in [-0.15, -0.1) is 0 Å². The fourth-order valence-electron chi connectivity index (χ4n) is 2.78. The standard InChI is InChI=1S/C19H20N2O2/c1-13-3-5-14(6-4-13)12-21(2)19(23)16-7-9-17-15(11-16)8-10-18(22)20-17/h3-7,9,11H,8,10,12H2,1-2H3,(H,20,22). The van der Waals surface area contributed by atoms with Crippen molar-refractivity contribution in [3.05, 3.63) is 64.7 Å². The van der Waals surface area contributed by atoms with Gasteiger partial charge in [-0.05, 0) is 42.7 Å². The molecule has 0 unspecified atom stereocenters. The Hall–Kier alpha value is -2.62. The summed E-state index contributed by atoms with van der Waals surface area (Å²) in [6, 6.07) is 13.7. The van der Waals surface area contributed by atoms with Crippen molar-refractivity contribution in [2.75, 3.05) is 12.4 Å². The van der Waals surface area contributed by atoms with E-state index in [4.69, 9.17) is 0 Å². The zero-order valence-electron chi connectivity index (χ0n) is 13.4. The second-order valence-electron chi connectivity index (χ2n) is 6.07. The van der Waals surface area contributed by atoms with Gasteiger partial charge in [-0.1, -0.05) is 29.8 Å². The molecule has 118 valence electrons. The van der Waals surface area contributed by atoms with Crippen LogP contribution in [0.15, 0.2) is 42.5 Å². The number of nitrogens with one attached hydrogen (secondary N) is 1. The number of nitrogens with zero attached hydrogens (tertiary/aromatic N) is 1. The van der Waals surface area contributed by atoms with Gasteiger partial charge in [0.2, 0.25) is 5.91 Å². The van der Waals surface area contributed by atoms with Gasteiger partial charge in [0.1, 0.15) is 0 Å². The number of hydrogen-bond acceptors (Lipinski definition) is 2. The highest BCUT2D eigenvalue weighted by Crippen LogP contribution is 2.24. The van der Waals surface area contributed by atoms with E-state index in [1.165, 1.54) is 5.56 Å². The Morgan fingerprint density at radius 3 is 2.61 bits per heavy atom. The van der Waals surface area contributed by atoms with E-state index in [2.05, 4.69) is 17.4 Å². The van der Waals surface area contributed by atoms with Gasteiger partial charge >= 0.3 is 0 Å². The molecule has 4 heteroatoms. The lowest BCUT2D eigenvalue weighted by Crippen LogP contribution is -2.27. The summed E-state index contributed by atoms with van der Waals surface area (Å²) in [6.07, 6.45) is 1.16. The predicted octanol–water partition coefficient (Wildman–Crippen LogP) is 3.15. The molecule has 1 aliphatic rings. The molecule has 0 saturated heterocycles. The van der Waals surface area contributed by atoms with Crippen molar-refractivity contribution in [1.29, 1.82) is 0 Å². The van der Waals surface area contributed by atoms with E-state index in [0.29, 0.717) is 24.9 Å². The van der Waals surface area contributed by atoms with E-state index in [1.54, 1.807) is 11.0 Å². The normalized spacial score (nSPS) is 13.2. The minimum atomic E-state index is -0.00900. The maximum Gasteiger partial charge on any atom is 0.253 e. The van der Waals surface area contributed by atoms with Crippen LogP contribution in [0, 0.1) is 6.92 Å². The lowest BCUT2D eigenvalue weighted by atomic mass is 10.00. The molecule has 2 amide bonds. The number of carbonyl (C=O) groups is 2. The Labute approximate surface area is 136 Å². The van der Waals surface area contributed by atoms with E-state index in [9.17, 15) is 9.59 Å². The summed E-state index contributed by atoms with van der Waals surface area (Å²) >= 11 is 0. The topological polar surface area (TPSA) is 49.4 Å². The zero-order valence-corrected chi connectivity index (χ0v) is 13.4. The Morgan fingerprint density at radius 2 is 1.87 bits per heavy atom. The van der Waals surface area contributed by atoms with Crippen LogP contribution in [0.4, 0.5) is 5.69 Å². The third-order valence-corrected chi connectivity index (χ3v) is 4.13. The van der Waals surface area contributed by atoms with Crippen molar-refractivity contribution in [2.24, 2.45) is 0 Å². The fraction of sp³-hybridized carbons (Fsp3) is 0.263. The number of anilines is 1. The summed E-state index contributed by atoms with van der Waals surface area (Å²) in [5.74, 6) is 0.0262. The molecule has 0 aromatic heterocycles. The monoisotopic (exact) mass is 308 g/mol. The molecular formula is C19H20N2O2. The quantitative estimate of drug-likeness (QED) is 0.947. The first-order chi connectivity index (χ1) is 11.0. The second kappa shape index (κ2) is 6.24. The molecule has 1 N–H and O–H groups in total. The van der Waals surface area contributed by atoms with Crippen LogP contribution in [0.1, 0.15) is 33.5 Å². The molecule has 0 saturated carbocycles. The van der Waals surface area contributed by atoms with Crippen LogP contribution >= 0.6 is 0 Å². The third kappa shape index (κ3) is 3.42. The summed E-state index contributed by atoms with van der Waals surface area (Å²) in [6.45, 7) is 2.62. The first kappa shape index (κ1) is 15.3. The highest BCUT2D eigenvalue weighted by atomic mass is 16.2. The van der Waals surface area contributed by atoms with Crippen molar-refractivity contribution >= 4 is 17.5 Å². The Bertz CT molecular complexity index is 750. The number of carbonyl (C=O) groups excluding carboxylic acids is 2. The molecule has 0 spiro atoms. The maximum absolute atomic E-state index is 12.6. The summed E-state index contributed by atoms with van der Waals surface area (Å²) < 4.78 is 0. The molecule has 2 aromatic rings. The Balaban J connectivity index is 1.74. The Morgan fingerprint density at radius 1 is 1.13 bits per heavy atom. The lowest BCUT2D eigenvalue weighted by molar-refractivity contribution is -0.116. The fourth-order valence-corrected chi connectivity index (χ4v) is 2.78. The molecule has 0 fully saturated rings. The molecule has 0 atom stereocenters. The number of fused-ring (bicyclic) bond motifs is 1. The van der Waals surface area contributed by atoms with Crippen molar-refractivity contribution < 1.29 is 9.59 Å². The third-order valence-electron chi connectivity index (χ3n) is 4.13. The first-order valence-corrected chi connectivity index (χ1v) is 7.77. The average Bonchev–Trinajstić information content (AvgIpc) is 2.55. The lowest BCUT2D eigenvalue weighted by Gasteiger charge is -2.20. The minimum Gasteiger partial charge on any atom is -0.337 e. The first-order valence-electron chi connectivity index (χ1n) is 7.77. The van der Waals surface area contributed by atoms with Crippen LogP contribution in [-0.4, -0.2) is 23.8 Å². The van der Waals surface area contributed by atoms with Gasteiger partial charge in [0.05, 0.1) is 0 Å².